The molecule has 0 heterocycles. The standard InChI is InChI=1S/C37H59N3O6/c1-25(2)29(19-27-15-16-33(45-8)34(20-27)46-18-12-17-44-7)21-31(38)32(41)22-30(26(3)4)36(43)40-24-37(5,6)23-39-35(42)28-13-10-9-11-14-28/h9-11,13-16,20,25-26,29-32,41H,12,17-19,21-24,38H2,1-8H3,(H,39,42)(H,40,43)/t29-,30-,31-,32-/m0/s1. The van der Waals surface area contributed by atoms with Gasteiger partial charge >= 0.3 is 0 Å². The van der Waals surface area contributed by atoms with E-state index in [0.717, 1.165) is 18.4 Å². The Morgan fingerprint density at radius 1 is 0.891 bits per heavy atom. The number of carbonyl (C=O) groups is 2. The van der Waals surface area contributed by atoms with Crippen molar-refractivity contribution in [2.45, 2.75) is 79.4 Å². The summed E-state index contributed by atoms with van der Waals surface area (Å²) in [5.74, 6) is 1.31. The lowest BCUT2D eigenvalue weighted by atomic mass is 9.80. The van der Waals surface area contributed by atoms with Crippen molar-refractivity contribution in [1.29, 1.82) is 0 Å². The van der Waals surface area contributed by atoms with Gasteiger partial charge in [-0.1, -0.05) is 65.8 Å². The van der Waals surface area contributed by atoms with E-state index in [2.05, 4.69) is 24.5 Å². The summed E-state index contributed by atoms with van der Waals surface area (Å²) in [5.41, 5.74) is 7.96. The Kier molecular flexibility index (Phi) is 16.6. The third-order valence-corrected chi connectivity index (χ3v) is 8.63. The number of hydrogen-bond acceptors (Lipinski definition) is 7. The minimum absolute atomic E-state index is 0.0188. The number of methoxy groups -OCH3 is 2. The zero-order valence-electron chi connectivity index (χ0n) is 29.3. The Hall–Kier alpha value is -3.14. The molecule has 0 radical (unpaired) electrons. The second kappa shape index (κ2) is 19.5. The van der Waals surface area contributed by atoms with E-state index in [-0.39, 0.29) is 35.5 Å². The van der Waals surface area contributed by atoms with Gasteiger partial charge in [-0.2, -0.15) is 0 Å². The summed E-state index contributed by atoms with van der Waals surface area (Å²) < 4.78 is 16.6. The molecule has 5 N–H and O–H groups in total. The lowest BCUT2D eigenvalue weighted by molar-refractivity contribution is -0.128. The van der Waals surface area contributed by atoms with E-state index in [0.29, 0.717) is 55.7 Å². The Morgan fingerprint density at radius 3 is 2.17 bits per heavy atom. The summed E-state index contributed by atoms with van der Waals surface area (Å²) in [6.07, 6.45) is 1.64. The number of rotatable bonds is 21. The lowest BCUT2D eigenvalue weighted by Gasteiger charge is -2.31. The van der Waals surface area contributed by atoms with E-state index >= 15 is 0 Å². The molecule has 0 unspecified atom stereocenters. The molecule has 0 bridgehead atoms. The summed E-state index contributed by atoms with van der Waals surface area (Å²) in [7, 11) is 3.30. The SMILES string of the molecule is COCCCOc1cc(C[C@@H](C[C@H](N)[C@@H](O)C[C@H](C(=O)NCC(C)(C)CNC(=O)c2ccccc2)C(C)C)C(C)C)ccc1OC. The molecule has 0 saturated carbocycles. The van der Waals surface area contributed by atoms with Crippen molar-refractivity contribution in [3.8, 4) is 11.5 Å². The average Bonchev–Trinajstić information content (AvgIpc) is 3.03. The number of benzene rings is 2. The fourth-order valence-electron chi connectivity index (χ4n) is 5.39. The van der Waals surface area contributed by atoms with Gasteiger partial charge in [-0.05, 0) is 72.3 Å². The van der Waals surface area contributed by atoms with Crippen LogP contribution in [0, 0.1) is 29.1 Å². The minimum atomic E-state index is -0.826. The summed E-state index contributed by atoms with van der Waals surface area (Å²) >= 11 is 0. The van der Waals surface area contributed by atoms with Crippen molar-refractivity contribution < 1.29 is 28.9 Å². The van der Waals surface area contributed by atoms with Gasteiger partial charge in [-0.3, -0.25) is 9.59 Å². The Morgan fingerprint density at radius 2 is 1.57 bits per heavy atom. The third-order valence-electron chi connectivity index (χ3n) is 8.63. The van der Waals surface area contributed by atoms with Crippen LogP contribution >= 0.6 is 0 Å². The van der Waals surface area contributed by atoms with Crippen LogP contribution in [0.1, 0.15) is 76.7 Å². The Balaban J connectivity index is 1.96. The molecule has 2 amide bonds. The first-order valence-electron chi connectivity index (χ1n) is 16.6. The molecule has 0 aliphatic rings. The molecular formula is C37H59N3O6. The van der Waals surface area contributed by atoms with Gasteiger partial charge in [0.25, 0.3) is 5.91 Å². The predicted octanol–water partition coefficient (Wildman–Crippen LogP) is 5.24. The molecule has 0 fully saturated rings. The number of aliphatic hydroxyl groups is 1. The van der Waals surface area contributed by atoms with Crippen molar-refractivity contribution in [2.75, 3.05) is 40.5 Å². The molecule has 2 rings (SSSR count). The van der Waals surface area contributed by atoms with Crippen LogP contribution in [0.15, 0.2) is 48.5 Å². The van der Waals surface area contributed by atoms with Crippen molar-refractivity contribution in [3.63, 3.8) is 0 Å². The van der Waals surface area contributed by atoms with Crippen molar-refractivity contribution in [2.24, 2.45) is 34.8 Å². The second-order valence-electron chi connectivity index (χ2n) is 13.9. The first kappa shape index (κ1) is 39.0. The third kappa shape index (κ3) is 13.3. The van der Waals surface area contributed by atoms with Crippen LogP contribution in [-0.4, -0.2) is 69.6 Å². The first-order chi connectivity index (χ1) is 21.8. The summed E-state index contributed by atoms with van der Waals surface area (Å²) in [5, 5.41) is 17.3. The van der Waals surface area contributed by atoms with E-state index in [1.54, 1.807) is 26.4 Å². The molecule has 0 aliphatic carbocycles. The van der Waals surface area contributed by atoms with Crippen LogP contribution < -0.4 is 25.8 Å². The van der Waals surface area contributed by atoms with Gasteiger partial charge in [-0.25, -0.2) is 0 Å². The maximum Gasteiger partial charge on any atom is 0.251 e. The van der Waals surface area contributed by atoms with Gasteiger partial charge in [0, 0.05) is 50.8 Å². The molecular weight excluding hydrogens is 582 g/mol. The molecule has 0 aromatic heterocycles. The number of amides is 2. The van der Waals surface area contributed by atoms with Crippen LogP contribution in [0.5, 0.6) is 11.5 Å². The normalized spacial score (nSPS) is 14.4. The predicted molar refractivity (Wildman–Crippen MR) is 184 cm³/mol. The fraction of sp³-hybridized carbons (Fsp3) is 0.622. The summed E-state index contributed by atoms with van der Waals surface area (Å²) in [6, 6.07) is 14.6. The van der Waals surface area contributed by atoms with Crippen LogP contribution in [0.4, 0.5) is 0 Å². The molecule has 4 atom stereocenters. The van der Waals surface area contributed by atoms with Crippen molar-refractivity contribution >= 4 is 11.8 Å². The zero-order chi connectivity index (χ0) is 34.3. The largest absolute Gasteiger partial charge is 0.493 e. The second-order valence-corrected chi connectivity index (χ2v) is 13.9. The van der Waals surface area contributed by atoms with Crippen LogP contribution in [-0.2, 0) is 16.0 Å². The highest BCUT2D eigenvalue weighted by molar-refractivity contribution is 5.94. The Bertz CT molecular complexity index is 1190. The smallest absolute Gasteiger partial charge is 0.251 e. The monoisotopic (exact) mass is 641 g/mol. The Labute approximate surface area is 277 Å². The average molecular weight is 642 g/mol. The molecule has 2 aromatic rings. The van der Waals surface area contributed by atoms with Gasteiger partial charge < -0.3 is 35.7 Å². The lowest BCUT2D eigenvalue weighted by Crippen LogP contribution is -2.46. The molecule has 9 heteroatoms. The molecule has 9 nitrogen and oxygen atoms in total. The van der Waals surface area contributed by atoms with Crippen LogP contribution in [0.3, 0.4) is 0 Å². The number of ether oxygens (including phenoxy) is 3. The topological polar surface area (TPSA) is 132 Å². The molecule has 0 aliphatic heterocycles. The maximum atomic E-state index is 13.3. The van der Waals surface area contributed by atoms with Crippen molar-refractivity contribution in [3.05, 3.63) is 59.7 Å². The quantitative estimate of drug-likeness (QED) is 0.137. The van der Waals surface area contributed by atoms with Gasteiger partial charge in [0.05, 0.1) is 19.8 Å². The zero-order valence-corrected chi connectivity index (χ0v) is 29.3. The van der Waals surface area contributed by atoms with Crippen LogP contribution in [0.25, 0.3) is 0 Å². The van der Waals surface area contributed by atoms with E-state index in [1.165, 1.54) is 0 Å². The number of carbonyl (C=O) groups excluding carboxylic acids is 2. The number of nitrogens with two attached hydrogens (primary N) is 1. The van der Waals surface area contributed by atoms with E-state index in [1.807, 2.05) is 64.1 Å². The molecule has 0 saturated heterocycles. The minimum Gasteiger partial charge on any atom is -0.493 e. The van der Waals surface area contributed by atoms with E-state index < -0.39 is 18.1 Å². The highest BCUT2D eigenvalue weighted by atomic mass is 16.5. The van der Waals surface area contributed by atoms with Gasteiger partial charge in [0.1, 0.15) is 0 Å². The van der Waals surface area contributed by atoms with E-state index in [9.17, 15) is 14.7 Å². The van der Waals surface area contributed by atoms with E-state index in [4.69, 9.17) is 19.9 Å². The fourth-order valence-corrected chi connectivity index (χ4v) is 5.39. The first-order valence-corrected chi connectivity index (χ1v) is 16.6. The van der Waals surface area contributed by atoms with Crippen LogP contribution in [0.2, 0.25) is 0 Å². The molecule has 46 heavy (non-hydrogen) atoms. The highest BCUT2D eigenvalue weighted by Crippen LogP contribution is 2.32. The van der Waals surface area contributed by atoms with Gasteiger partial charge in [-0.15, -0.1) is 0 Å². The number of hydrogen-bond donors (Lipinski definition) is 4. The molecule has 2 aromatic carbocycles. The van der Waals surface area contributed by atoms with Gasteiger partial charge in [0.2, 0.25) is 5.91 Å². The summed E-state index contributed by atoms with van der Waals surface area (Å²) in [6.45, 7) is 14.3. The van der Waals surface area contributed by atoms with Gasteiger partial charge in [0.15, 0.2) is 11.5 Å². The number of nitrogens with one attached hydrogen (secondary N) is 2. The highest BCUT2D eigenvalue weighted by Gasteiger charge is 2.31. The molecule has 0 spiro atoms. The maximum absolute atomic E-state index is 13.3. The molecule has 258 valence electrons. The number of aliphatic hydroxyl groups excluding tert-OH is 1. The summed E-state index contributed by atoms with van der Waals surface area (Å²) in [4.78, 5) is 25.8. The van der Waals surface area contributed by atoms with Crippen molar-refractivity contribution in [1.82, 2.24) is 10.6 Å².